The van der Waals surface area contributed by atoms with Gasteiger partial charge in [-0.2, -0.15) is 0 Å². The average Bonchev–Trinajstić information content (AvgIpc) is 4.23. The van der Waals surface area contributed by atoms with E-state index in [1.807, 2.05) is 11.4 Å². The van der Waals surface area contributed by atoms with Crippen LogP contribution in [0.3, 0.4) is 0 Å². The van der Waals surface area contributed by atoms with Crippen LogP contribution in [0.4, 0.5) is 23.8 Å². The first kappa shape index (κ1) is 59.7. The number of methoxy groups -OCH3 is 4. The topological polar surface area (TPSA) is 261 Å². The SMILES string of the molecule is COc1ccc(-c2csc(N)c2C(C)=O)cn1.COc1ccc(-c2csc(NC(=O)c3cccc(F)c3)c2C(=O)O)cn1.COc1ccc(-c2csc(NC(=O)c3cccc(F)c3)c2C(C)=O)cn1.COc1ccc(C(C)=O)cn1. The highest BCUT2D eigenvalue weighted by Crippen LogP contribution is 2.38. The molecule has 0 atom stereocenters. The molecule has 2 amide bonds. The van der Waals surface area contributed by atoms with Gasteiger partial charge in [0.15, 0.2) is 17.3 Å². The molecule has 9 aromatic rings. The number of amides is 2. The van der Waals surface area contributed by atoms with E-state index in [0.717, 1.165) is 40.2 Å². The summed E-state index contributed by atoms with van der Waals surface area (Å²) in [5.74, 6) is -1.58. The number of rotatable bonds is 15. The summed E-state index contributed by atoms with van der Waals surface area (Å²) in [6, 6.07) is 24.3. The van der Waals surface area contributed by atoms with Crippen LogP contribution in [0.2, 0.25) is 0 Å². The fraction of sp³-hybridized carbons (Fsp3) is 0.123. The minimum absolute atomic E-state index is 0.0140. The van der Waals surface area contributed by atoms with Crippen LogP contribution >= 0.6 is 34.0 Å². The van der Waals surface area contributed by atoms with E-state index in [1.54, 1.807) is 72.7 Å². The molecule has 2 aromatic carbocycles. The van der Waals surface area contributed by atoms with Crippen LogP contribution in [-0.4, -0.2) is 88.6 Å². The molecule has 0 spiro atoms. The summed E-state index contributed by atoms with van der Waals surface area (Å²) in [4.78, 5) is 87.0. The summed E-state index contributed by atoms with van der Waals surface area (Å²) in [5.41, 5.74) is 11.7. The van der Waals surface area contributed by atoms with Crippen molar-refractivity contribution >= 4 is 84.1 Å². The number of nitrogens with two attached hydrogens (primary N) is 1. The molecule has 0 aliphatic rings. The second kappa shape index (κ2) is 28.2. The summed E-state index contributed by atoms with van der Waals surface area (Å²) in [5, 5.41) is 21.2. The maximum atomic E-state index is 13.3. The van der Waals surface area contributed by atoms with Crippen molar-refractivity contribution in [2.45, 2.75) is 20.8 Å². The number of carbonyl (C=O) groups is 6. The molecule has 0 aliphatic carbocycles. The molecule has 5 N–H and O–H groups in total. The predicted octanol–water partition coefficient (Wildman–Crippen LogP) is 12.2. The highest BCUT2D eigenvalue weighted by Gasteiger charge is 2.23. The molecule has 7 aromatic heterocycles. The Morgan fingerprint density at radius 3 is 1.19 bits per heavy atom. The van der Waals surface area contributed by atoms with Crippen LogP contribution in [0.5, 0.6) is 23.5 Å². The van der Waals surface area contributed by atoms with E-state index in [0.29, 0.717) is 66.9 Å². The Morgan fingerprint density at radius 1 is 0.475 bits per heavy atom. The molecular formula is C57H49F2N7O11S3. The first-order valence-electron chi connectivity index (χ1n) is 23.4. The molecule has 0 fully saturated rings. The lowest BCUT2D eigenvalue weighted by Crippen LogP contribution is -2.13. The number of nitrogen functional groups attached to an aromatic ring is 1. The minimum Gasteiger partial charge on any atom is -0.481 e. The number of benzene rings is 2. The van der Waals surface area contributed by atoms with Crippen LogP contribution in [0, 0.1) is 11.6 Å². The Kier molecular flexibility index (Phi) is 21.0. The minimum atomic E-state index is -1.19. The Hall–Kier alpha value is -9.58. The van der Waals surface area contributed by atoms with Crippen molar-refractivity contribution in [3.05, 3.63) is 183 Å². The largest absolute Gasteiger partial charge is 0.481 e. The Morgan fingerprint density at radius 2 is 0.850 bits per heavy atom. The fourth-order valence-corrected chi connectivity index (χ4v) is 9.97. The van der Waals surface area contributed by atoms with Gasteiger partial charge in [-0.1, -0.05) is 12.1 Å². The number of halogens is 2. The van der Waals surface area contributed by atoms with E-state index in [1.165, 1.54) is 114 Å². The van der Waals surface area contributed by atoms with Crippen molar-refractivity contribution in [3.63, 3.8) is 0 Å². The summed E-state index contributed by atoms with van der Waals surface area (Å²) < 4.78 is 46.4. The number of ether oxygens (including phenoxy) is 4. The van der Waals surface area contributed by atoms with Crippen LogP contribution in [0.25, 0.3) is 33.4 Å². The summed E-state index contributed by atoms with van der Waals surface area (Å²) >= 11 is 3.66. The van der Waals surface area contributed by atoms with Gasteiger partial charge in [0, 0.05) is 115 Å². The molecule has 0 saturated carbocycles. The number of ketones is 3. The van der Waals surface area contributed by atoms with Crippen molar-refractivity contribution in [2.75, 3.05) is 44.8 Å². The van der Waals surface area contributed by atoms with E-state index < -0.39 is 29.4 Å². The molecule has 0 radical (unpaired) electrons. The van der Waals surface area contributed by atoms with Gasteiger partial charge in [0.2, 0.25) is 23.5 Å². The number of carboxylic acid groups (broad SMARTS) is 1. The van der Waals surface area contributed by atoms with Gasteiger partial charge >= 0.3 is 5.97 Å². The lowest BCUT2D eigenvalue weighted by molar-refractivity contribution is 0.0698. The van der Waals surface area contributed by atoms with Gasteiger partial charge in [-0.25, -0.2) is 33.5 Å². The number of thiophene rings is 3. The van der Waals surface area contributed by atoms with Gasteiger partial charge in [0.25, 0.3) is 11.8 Å². The molecule has 18 nitrogen and oxygen atoms in total. The molecule has 0 unspecified atom stereocenters. The smallest absolute Gasteiger partial charge is 0.339 e. The van der Waals surface area contributed by atoms with Crippen LogP contribution < -0.4 is 35.3 Å². The zero-order valence-corrected chi connectivity index (χ0v) is 46.1. The Bertz CT molecular complexity index is 3490. The fourth-order valence-electron chi connectivity index (χ4n) is 7.14. The first-order chi connectivity index (χ1) is 38.3. The van der Waals surface area contributed by atoms with Crippen molar-refractivity contribution in [2.24, 2.45) is 0 Å². The highest BCUT2D eigenvalue weighted by atomic mass is 32.1. The molecular weight excluding hydrogens is 1090 g/mol. The quantitative estimate of drug-likeness (QED) is 0.0695. The molecule has 9 rings (SSSR count). The normalized spacial score (nSPS) is 10.2. The Balaban J connectivity index is 0.000000180. The number of pyridine rings is 4. The number of anilines is 3. The first-order valence-corrected chi connectivity index (χ1v) is 26.0. The van der Waals surface area contributed by atoms with Crippen molar-refractivity contribution in [1.29, 1.82) is 0 Å². The number of aromatic carboxylic acids is 1. The monoisotopic (exact) mass is 1140 g/mol. The van der Waals surface area contributed by atoms with Gasteiger partial charge in [0.1, 0.15) is 27.2 Å². The number of nitrogens with zero attached hydrogens (tertiary/aromatic N) is 4. The van der Waals surface area contributed by atoms with Crippen molar-refractivity contribution < 1.29 is 61.6 Å². The average molecular weight is 1140 g/mol. The standard InChI is InChI=1S/C19H15FN2O3S.C18H13FN2O4S.C12H12N2O2S.C8H9NO2/c1-11(23)17-15(13-6-7-16(25-2)21-9-13)10-26-19(17)22-18(24)12-4-3-5-14(20)8-12;1-25-14-6-5-11(8-20-14)13-9-26-17(15(13)18(23)24)21-16(22)10-3-2-4-12(19)7-10;1-7(15)11-9(6-17-12(11)13)8-3-4-10(16-2)14-5-8;1-6(10)7-3-4-8(11-2)9-5-7/h3-10H,1-2H3,(H,22,24);2-9H,1H3,(H,21,22)(H,23,24);3-6H,13H2,1-2H3;3-5H,1-2H3. The van der Waals surface area contributed by atoms with Gasteiger partial charge in [0.05, 0.1) is 44.6 Å². The van der Waals surface area contributed by atoms with Crippen LogP contribution in [0.1, 0.15) is 82.9 Å². The van der Waals surface area contributed by atoms with E-state index >= 15 is 0 Å². The lowest BCUT2D eigenvalue weighted by Gasteiger charge is -2.07. The number of hydrogen-bond donors (Lipinski definition) is 4. The number of carbonyl (C=O) groups excluding carboxylic acids is 5. The van der Waals surface area contributed by atoms with Gasteiger partial charge in [-0.05, 0) is 81.4 Å². The summed E-state index contributed by atoms with van der Waals surface area (Å²) in [7, 11) is 6.10. The maximum absolute atomic E-state index is 13.3. The number of Topliss-reactive ketones (excluding diaryl/α,β-unsaturated/α-hetero) is 3. The third-order valence-corrected chi connectivity index (χ3v) is 13.7. The maximum Gasteiger partial charge on any atom is 0.339 e. The zero-order valence-electron chi connectivity index (χ0n) is 43.7. The van der Waals surface area contributed by atoms with E-state index in [-0.39, 0.29) is 39.0 Å². The third-order valence-electron chi connectivity index (χ3n) is 11.1. The molecule has 0 saturated heterocycles. The highest BCUT2D eigenvalue weighted by molar-refractivity contribution is 7.16. The summed E-state index contributed by atoms with van der Waals surface area (Å²) in [6.45, 7) is 4.45. The number of carboxylic acids is 1. The molecule has 410 valence electrons. The molecule has 7 heterocycles. The van der Waals surface area contributed by atoms with E-state index in [9.17, 15) is 42.7 Å². The lowest BCUT2D eigenvalue weighted by atomic mass is 10.0. The van der Waals surface area contributed by atoms with Crippen molar-refractivity contribution in [1.82, 2.24) is 19.9 Å². The number of hydrogen-bond acceptors (Lipinski definition) is 18. The molecule has 23 heteroatoms. The molecule has 80 heavy (non-hydrogen) atoms. The van der Waals surface area contributed by atoms with Gasteiger partial charge in [-0.3, -0.25) is 24.0 Å². The molecule has 0 aliphatic heterocycles. The van der Waals surface area contributed by atoms with E-state index in [2.05, 4.69) is 30.6 Å². The number of nitrogens with one attached hydrogen (secondary N) is 2. The van der Waals surface area contributed by atoms with Gasteiger partial charge in [-0.15, -0.1) is 34.0 Å². The summed E-state index contributed by atoms with van der Waals surface area (Å²) in [6.07, 6.45) is 6.27. The van der Waals surface area contributed by atoms with E-state index in [4.69, 9.17) is 24.7 Å². The second-order valence-electron chi connectivity index (χ2n) is 16.4. The van der Waals surface area contributed by atoms with Crippen molar-refractivity contribution in [3.8, 4) is 56.9 Å². The second-order valence-corrected chi connectivity index (χ2v) is 19.0. The third kappa shape index (κ3) is 15.6. The van der Waals surface area contributed by atoms with Crippen LogP contribution in [-0.2, 0) is 0 Å². The molecule has 0 bridgehead atoms. The van der Waals surface area contributed by atoms with Gasteiger partial charge < -0.3 is 40.4 Å². The number of aromatic nitrogens is 4. The zero-order chi connectivity index (χ0) is 58.0. The van der Waals surface area contributed by atoms with Crippen LogP contribution in [0.15, 0.2) is 138 Å². The predicted molar refractivity (Wildman–Crippen MR) is 303 cm³/mol. The Labute approximate surface area is 468 Å².